The molecule has 0 aliphatic carbocycles. The fourth-order valence-electron chi connectivity index (χ4n) is 4.90. The molecular formula is C35H38N6O4. The van der Waals surface area contributed by atoms with Crippen LogP contribution in [0.3, 0.4) is 0 Å². The lowest BCUT2D eigenvalue weighted by atomic mass is 10.0. The summed E-state index contributed by atoms with van der Waals surface area (Å²) in [6.45, 7) is 3.00. The van der Waals surface area contributed by atoms with Gasteiger partial charge >= 0.3 is 0 Å². The second-order valence-corrected chi connectivity index (χ2v) is 10.9. The first-order chi connectivity index (χ1) is 21.6. The van der Waals surface area contributed by atoms with Crippen molar-refractivity contribution in [3.63, 3.8) is 0 Å². The normalized spacial score (nSPS) is 12.0. The highest BCUT2D eigenvalue weighted by Gasteiger charge is 2.23. The molecule has 1 heterocycles. The Kier molecular flexibility index (Phi) is 10.9. The number of benzene rings is 4. The van der Waals surface area contributed by atoms with Gasteiger partial charge in [0.2, 0.25) is 23.6 Å². The lowest BCUT2D eigenvalue weighted by Gasteiger charge is -2.19. The van der Waals surface area contributed by atoms with Crippen molar-refractivity contribution in [3.8, 4) is 0 Å². The molecule has 0 fully saturated rings. The van der Waals surface area contributed by atoms with E-state index in [0.717, 1.165) is 38.5 Å². The van der Waals surface area contributed by atoms with Crippen LogP contribution < -0.4 is 27.4 Å². The molecule has 0 saturated carbocycles. The first-order valence-corrected chi connectivity index (χ1v) is 14.6. The molecule has 45 heavy (non-hydrogen) atoms. The summed E-state index contributed by atoms with van der Waals surface area (Å²) < 4.78 is 0. The molecule has 4 amide bonds. The summed E-state index contributed by atoms with van der Waals surface area (Å²) >= 11 is 0. The van der Waals surface area contributed by atoms with E-state index in [2.05, 4.69) is 20.9 Å². The molecule has 0 aliphatic rings. The number of H-pyrrole nitrogens is 1. The molecule has 0 aliphatic heterocycles. The zero-order valence-electron chi connectivity index (χ0n) is 25.3. The summed E-state index contributed by atoms with van der Waals surface area (Å²) in [7, 11) is 0. The van der Waals surface area contributed by atoms with Crippen LogP contribution in [0.4, 0.5) is 5.69 Å². The van der Waals surface area contributed by atoms with Crippen molar-refractivity contribution in [1.29, 1.82) is 0 Å². The highest BCUT2D eigenvalue weighted by Crippen LogP contribution is 2.19. The number of amides is 4. The first-order valence-electron chi connectivity index (χ1n) is 14.6. The molecule has 1 aromatic heterocycles. The van der Waals surface area contributed by atoms with Crippen LogP contribution in [0.2, 0.25) is 0 Å². The fourth-order valence-corrected chi connectivity index (χ4v) is 4.90. The lowest BCUT2D eigenvalue weighted by Crippen LogP contribution is -2.52. The Morgan fingerprint density at radius 3 is 2.18 bits per heavy atom. The molecule has 10 nitrogen and oxygen atoms in total. The van der Waals surface area contributed by atoms with Crippen molar-refractivity contribution in [2.24, 2.45) is 5.73 Å². The number of para-hydroxylation sites is 1. The minimum Gasteiger partial charge on any atom is -0.399 e. The summed E-state index contributed by atoms with van der Waals surface area (Å²) in [4.78, 5) is 52.3. The van der Waals surface area contributed by atoms with Gasteiger partial charge in [0.25, 0.3) is 0 Å². The van der Waals surface area contributed by atoms with Crippen molar-refractivity contribution in [3.05, 3.63) is 114 Å². The number of hydrogen-bond donors (Lipinski definition) is 6. The molecular weight excluding hydrogens is 568 g/mol. The van der Waals surface area contributed by atoms with Gasteiger partial charge in [0, 0.05) is 42.6 Å². The van der Waals surface area contributed by atoms with Crippen molar-refractivity contribution in [2.75, 3.05) is 12.3 Å². The Labute approximate surface area is 261 Å². The number of fused-ring (bicyclic) bond motifs is 2. The fraction of sp³-hybridized carbons (Fsp3) is 0.200. The number of primary amides is 1. The monoisotopic (exact) mass is 606 g/mol. The number of carbonyl (C=O) groups is 4. The molecule has 2 atom stereocenters. The van der Waals surface area contributed by atoms with E-state index in [1.54, 1.807) is 6.20 Å². The number of aryl methyl sites for hydroxylation is 1. The third-order valence-corrected chi connectivity index (χ3v) is 7.23. The SMILES string of the molecule is CC(=O)NC(Cc1ccc2ccccc2c1)C(=O)NCC(=O)N[C@@H](Cc1c[nH]c2ccccc12)C(N)=O.Cc1ccc(N)cc1. The molecule has 5 aromatic rings. The van der Waals surface area contributed by atoms with E-state index >= 15 is 0 Å². The number of nitrogens with one attached hydrogen (secondary N) is 4. The van der Waals surface area contributed by atoms with Crippen molar-refractivity contribution in [1.82, 2.24) is 20.9 Å². The van der Waals surface area contributed by atoms with E-state index in [1.165, 1.54) is 12.5 Å². The van der Waals surface area contributed by atoms with Gasteiger partial charge in [-0.05, 0) is 47.0 Å². The molecule has 0 radical (unpaired) electrons. The quantitative estimate of drug-likeness (QED) is 0.134. The Bertz CT molecular complexity index is 1780. The summed E-state index contributed by atoms with van der Waals surface area (Å²) in [5.74, 6) is -2.12. The summed E-state index contributed by atoms with van der Waals surface area (Å²) in [5.41, 5.74) is 15.7. The highest BCUT2D eigenvalue weighted by molar-refractivity contribution is 5.93. The van der Waals surface area contributed by atoms with Gasteiger partial charge in [-0.25, -0.2) is 0 Å². The van der Waals surface area contributed by atoms with Crippen LogP contribution in [0.1, 0.15) is 23.6 Å². The first kappa shape index (κ1) is 32.3. The Hall–Kier alpha value is -5.64. The maximum absolute atomic E-state index is 12.9. The van der Waals surface area contributed by atoms with E-state index < -0.39 is 29.8 Å². The topological polar surface area (TPSA) is 172 Å². The molecule has 0 spiro atoms. The van der Waals surface area contributed by atoms with E-state index in [1.807, 2.05) is 97.9 Å². The van der Waals surface area contributed by atoms with Gasteiger partial charge in [-0.3, -0.25) is 19.2 Å². The Morgan fingerprint density at radius 2 is 1.49 bits per heavy atom. The van der Waals surface area contributed by atoms with E-state index in [-0.39, 0.29) is 25.3 Å². The van der Waals surface area contributed by atoms with Gasteiger partial charge in [-0.2, -0.15) is 0 Å². The van der Waals surface area contributed by atoms with Crippen LogP contribution in [-0.4, -0.2) is 47.2 Å². The molecule has 232 valence electrons. The number of hydrogen-bond acceptors (Lipinski definition) is 5. The Morgan fingerprint density at radius 1 is 0.800 bits per heavy atom. The smallest absolute Gasteiger partial charge is 0.243 e. The standard InChI is InChI=1S/C28H29N5O4.C7H9N/c1-17(34)32-25(13-18-10-11-19-6-2-3-7-20(19)12-18)28(37)31-16-26(35)33-24(27(29)36)14-21-15-30-23-9-5-4-8-22(21)23;1-6-2-4-7(8)5-3-6/h2-12,15,24-25,30H,13-14,16H2,1H3,(H2,29,36)(H,31,37)(H,32,34)(H,33,35);2-5H,8H2,1H3/t24-,25?;/m0./s1. The lowest BCUT2D eigenvalue weighted by molar-refractivity contribution is -0.130. The van der Waals surface area contributed by atoms with Crippen LogP contribution in [0.25, 0.3) is 21.7 Å². The Balaban J connectivity index is 0.000000501. The van der Waals surface area contributed by atoms with Crippen molar-refractivity contribution >= 4 is 51.0 Å². The van der Waals surface area contributed by atoms with Gasteiger partial charge < -0.3 is 32.4 Å². The number of aromatic amines is 1. The van der Waals surface area contributed by atoms with Gasteiger partial charge in [0.05, 0.1) is 6.54 Å². The van der Waals surface area contributed by atoms with Crippen LogP contribution in [0.15, 0.2) is 97.2 Å². The zero-order valence-corrected chi connectivity index (χ0v) is 25.3. The summed E-state index contributed by atoms with van der Waals surface area (Å²) in [5, 5.41) is 10.8. The average molecular weight is 607 g/mol. The number of aromatic nitrogens is 1. The third-order valence-electron chi connectivity index (χ3n) is 7.23. The highest BCUT2D eigenvalue weighted by atomic mass is 16.2. The molecule has 1 unspecified atom stereocenters. The van der Waals surface area contributed by atoms with Crippen molar-refractivity contribution in [2.45, 2.75) is 38.8 Å². The predicted molar refractivity (Wildman–Crippen MR) is 177 cm³/mol. The van der Waals surface area contributed by atoms with Crippen molar-refractivity contribution < 1.29 is 19.2 Å². The number of carbonyl (C=O) groups excluding carboxylic acids is 4. The van der Waals surface area contributed by atoms with E-state index in [9.17, 15) is 19.2 Å². The summed E-state index contributed by atoms with van der Waals surface area (Å²) in [6, 6.07) is 27.2. The van der Waals surface area contributed by atoms with E-state index in [0.29, 0.717) is 0 Å². The minimum atomic E-state index is -0.952. The summed E-state index contributed by atoms with van der Waals surface area (Å²) in [6.07, 6.45) is 2.23. The maximum Gasteiger partial charge on any atom is 0.243 e. The predicted octanol–water partition coefficient (Wildman–Crippen LogP) is 3.27. The molecule has 4 aromatic carbocycles. The number of nitrogen functional groups attached to an aromatic ring is 1. The third kappa shape index (κ3) is 9.42. The van der Waals surface area contributed by atoms with Gasteiger partial charge in [-0.1, -0.05) is 78.4 Å². The second kappa shape index (κ2) is 15.2. The van der Waals surface area contributed by atoms with Crippen LogP contribution in [0, 0.1) is 6.92 Å². The maximum atomic E-state index is 12.9. The van der Waals surface area contributed by atoms with Gasteiger partial charge in [-0.15, -0.1) is 0 Å². The largest absolute Gasteiger partial charge is 0.399 e. The number of rotatable bonds is 10. The van der Waals surface area contributed by atoms with Crippen LogP contribution >= 0.6 is 0 Å². The molecule has 8 N–H and O–H groups in total. The number of nitrogens with two attached hydrogens (primary N) is 2. The van der Waals surface area contributed by atoms with Crippen LogP contribution in [-0.2, 0) is 32.0 Å². The van der Waals surface area contributed by atoms with Gasteiger partial charge in [0.15, 0.2) is 0 Å². The number of anilines is 1. The second-order valence-electron chi connectivity index (χ2n) is 10.9. The van der Waals surface area contributed by atoms with Crippen LogP contribution in [0.5, 0.6) is 0 Å². The molecule has 10 heteroatoms. The average Bonchev–Trinajstić information content (AvgIpc) is 3.43. The van der Waals surface area contributed by atoms with E-state index in [4.69, 9.17) is 11.5 Å². The molecule has 0 bridgehead atoms. The molecule has 0 saturated heterocycles. The van der Waals surface area contributed by atoms with Gasteiger partial charge in [0.1, 0.15) is 12.1 Å². The minimum absolute atomic E-state index is 0.204. The zero-order chi connectivity index (χ0) is 32.3. The molecule has 5 rings (SSSR count).